The molecule has 0 fully saturated rings. The van der Waals surface area contributed by atoms with E-state index in [1.54, 1.807) is 0 Å². The van der Waals surface area contributed by atoms with Crippen LogP contribution in [0.3, 0.4) is 0 Å². The monoisotopic (exact) mass is 156 g/mol. The molecule has 0 aliphatic carbocycles. The van der Waals surface area contributed by atoms with Gasteiger partial charge < -0.3 is 0 Å². The molecule has 50 valence electrons. The van der Waals surface area contributed by atoms with Gasteiger partial charge in [0.15, 0.2) is 0 Å². The molecule has 0 atom stereocenters. The Morgan fingerprint density at radius 1 is 1.50 bits per heavy atom. The van der Waals surface area contributed by atoms with Gasteiger partial charge in [0.25, 0.3) is 0 Å². The van der Waals surface area contributed by atoms with Gasteiger partial charge >= 0.3 is 0 Å². The van der Waals surface area contributed by atoms with Crippen molar-refractivity contribution >= 4 is 22.1 Å². The number of thiol groups is 1. The lowest BCUT2D eigenvalue weighted by Crippen LogP contribution is -2.02. The second-order valence-corrected chi connectivity index (χ2v) is 3.96. The summed E-state index contributed by atoms with van der Waals surface area (Å²) in [6, 6.07) is -1.25. The minimum Gasteiger partial charge on any atom is -0.216 e. The van der Waals surface area contributed by atoms with Crippen LogP contribution < -0.4 is 0 Å². The summed E-state index contributed by atoms with van der Waals surface area (Å²) in [5, 5.41) is 0. The minimum atomic E-state index is -1.99. The zero-order chi connectivity index (χ0) is 6.41. The first-order valence-electron chi connectivity index (χ1n) is 2.66. The predicted molar refractivity (Wildman–Crippen MR) is 37.8 cm³/mol. The van der Waals surface area contributed by atoms with Gasteiger partial charge in [-0.2, -0.15) is 12.6 Å². The Morgan fingerprint density at radius 2 is 2.12 bits per heavy atom. The molecule has 0 spiro atoms. The van der Waals surface area contributed by atoms with E-state index >= 15 is 0 Å². The average Bonchev–Trinajstić information content (AvgIpc) is 1.66. The van der Waals surface area contributed by atoms with Crippen molar-refractivity contribution in [3.8, 4) is 0 Å². The molecule has 8 heavy (non-hydrogen) atoms. The van der Waals surface area contributed by atoms with Crippen LogP contribution in [-0.4, -0.2) is 21.3 Å². The van der Waals surface area contributed by atoms with E-state index in [2.05, 4.69) is 12.6 Å². The van der Waals surface area contributed by atoms with E-state index in [0.29, 0.717) is 0 Å². The van der Waals surface area contributed by atoms with Gasteiger partial charge in [-0.05, 0) is 12.2 Å². The van der Waals surface area contributed by atoms with E-state index < -0.39 is 15.6 Å². The maximum Gasteiger partial charge on any atom is 0.214 e. The zero-order valence-corrected chi connectivity index (χ0v) is 6.92. The Labute approximate surface area is 55.9 Å². The molecule has 0 saturated heterocycles. The van der Waals surface area contributed by atoms with Gasteiger partial charge in [0.2, 0.25) is 6.05 Å². The summed E-state index contributed by atoms with van der Waals surface area (Å²) in [5.41, 5.74) is 0. The van der Waals surface area contributed by atoms with E-state index in [0.717, 1.165) is 18.2 Å². The van der Waals surface area contributed by atoms with Crippen molar-refractivity contribution in [2.24, 2.45) is 0 Å². The van der Waals surface area contributed by atoms with Crippen LogP contribution in [0.15, 0.2) is 0 Å². The van der Waals surface area contributed by atoms with Crippen molar-refractivity contribution < 1.29 is 8.78 Å². The highest BCUT2D eigenvalue weighted by molar-refractivity contribution is 7.80. The van der Waals surface area contributed by atoms with E-state index in [4.69, 9.17) is 0 Å². The third kappa shape index (κ3) is 6.43. The number of halogens is 2. The molecule has 0 aromatic heterocycles. The summed E-state index contributed by atoms with van der Waals surface area (Å²) in [7, 11) is -1.05. The van der Waals surface area contributed by atoms with Crippen LogP contribution in [-0.2, 0) is 0 Å². The van der Waals surface area contributed by atoms with Gasteiger partial charge in [-0.25, -0.2) is 8.78 Å². The van der Waals surface area contributed by atoms with Crippen LogP contribution in [0.25, 0.3) is 0 Å². The molecular formula is C4H10F2SSi. The Kier molecular flexibility index (Phi) is 5.86. The number of hydrogen-bond acceptors (Lipinski definition) is 1. The standard InChI is InChI=1S/C4H10F2SSi/c5-4(6)8-3-1-2-7/h4,7H,1-3,8H2. The topological polar surface area (TPSA) is 0 Å². The molecule has 0 amide bonds. The molecular weight excluding hydrogens is 146 g/mol. The molecule has 0 radical (unpaired) electrons. The highest BCUT2D eigenvalue weighted by Gasteiger charge is 2.00. The van der Waals surface area contributed by atoms with E-state index in [1.165, 1.54) is 0 Å². The summed E-state index contributed by atoms with van der Waals surface area (Å²) in [5.74, 6) is 0.750. The molecule has 0 N–H and O–H groups in total. The molecule has 0 unspecified atom stereocenters. The zero-order valence-electron chi connectivity index (χ0n) is 4.61. The van der Waals surface area contributed by atoms with Gasteiger partial charge in [-0.1, -0.05) is 6.04 Å². The van der Waals surface area contributed by atoms with E-state index in [1.807, 2.05) is 0 Å². The third-order valence-corrected chi connectivity index (χ3v) is 2.49. The molecule has 4 heteroatoms. The third-order valence-electron chi connectivity index (χ3n) is 0.830. The van der Waals surface area contributed by atoms with Gasteiger partial charge in [0.05, 0.1) is 0 Å². The number of hydrogen-bond donors (Lipinski definition) is 1. The Morgan fingerprint density at radius 3 is 2.50 bits per heavy atom. The lowest BCUT2D eigenvalue weighted by atomic mass is 10.6. The fourth-order valence-electron chi connectivity index (χ4n) is 0.410. The summed E-state index contributed by atoms with van der Waals surface area (Å²) < 4.78 is 22.8. The Bertz CT molecular complexity index is 51.3. The van der Waals surface area contributed by atoms with Gasteiger partial charge in [0.1, 0.15) is 9.52 Å². The predicted octanol–water partition coefficient (Wildman–Crippen LogP) is 1.12. The number of rotatable bonds is 4. The molecule has 0 saturated carbocycles. The maximum atomic E-state index is 11.4. The van der Waals surface area contributed by atoms with Crippen LogP contribution in [0.2, 0.25) is 6.04 Å². The highest BCUT2D eigenvalue weighted by Crippen LogP contribution is 1.97. The van der Waals surface area contributed by atoms with Crippen LogP contribution >= 0.6 is 12.6 Å². The summed E-state index contributed by atoms with van der Waals surface area (Å²) >= 11 is 3.90. The van der Waals surface area contributed by atoms with Gasteiger partial charge in [-0.15, -0.1) is 0 Å². The van der Waals surface area contributed by atoms with Crippen molar-refractivity contribution in [1.29, 1.82) is 0 Å². The normalized spacial score (nSPS) is 12.0. The van der Waals surface area contributed by atoms with Crippen LogP contribution in [0.5, 0.6) is 0 Å². The molecule has 0 heterocycles. The molecule has 0 bridgehead atoms. The van der Waals surface area contributed by atoms with Crippen molar-refractivity contribution in [2.75, 3.05) is 5.75 Å². The lowest BCUT2D eigenvalue weighted by molar-refractivity contribution is 0.237. The summed E-state index contributed by atoms with van der Waals surface area (Å²) in [4.78, 5) is 0. The summed E-state index contributed by atoms with van der Waals surface area (Å²) in [6.45, 7) is 0. The fraction of sp³-hybridized carbons (Fsp3) is 1.00. The minimum absolute atomic E-state index is 0.737. The molecule has 0 nitrogen and oxygen atoms in total. The average molecular weight is 156 g/mol. The highest BCUT2D eigenvalue weighted by atomic mass is 32.1. The van der Waals surface area contributed by atoms with Crippen molar-refractivity contribution in [2.45, 2.75) is 18.5 Å². The molecule has 0 aromatic carbocycles. The van der Waals surface area contributed by atoms with Crippen molar-refractivity contribution in [3.05, 3.63) is 0 Å². The van der Waals surface area contributed by atoms with Crippen LogP contribution in [0, 0.1) is 0 Å². The van der Waals surface area contributed by atoms with E-state index in [9.17, 15) is 8.78 Å². The Hall–Kier alpha value is 0.427. The van der Waals surface area contributed by atoms with Crippen LogP contribution in [0.1, 0.15) is 6.42 Å². The molecule has 0 aliphatic rings. The lowest BCUT2D eigenvalue weighted by Gasteiger charge is -1.93. The van der Waals surface area contributed by atoms with Gasteiger partial charge in [-0.3, -0.25) is 0 Å². The first kappa shape index (κ1) is 8.43. The molecule has 0 rings (SSSR count). The fourth-order valence-corrected chi connectivity index (χ4v) is 1.90. The first-order valence-corrected chi connectivity index (χ1v) is 5.11. The molecule has 0 aliphatic heterocycles. The smallest absolute Gasteiger partial charge is 0.214 e. The van der Waals surface area contributed by atoms with Crippen molar-refractivity contribution in [3.63, 3.8) is 0 Å². The maximum absolute atomic E-state index is 11.4. The van der Waals surface area contributed by atoms with Crippen LogP contribution in [0.4, 0.5) is 8.78 Å². The largest absolute Gasteiger partial charge is 0.216 e. The molecule has 0 aromatic rings. The van der Waals surface area contributed by atoms with Gasteiger partial charge in [0, 0.05) is 0 Å². The van der Waals surface area contributed by atoms with Crippen molar-refractivity contribution in [1.82, 2.24) is 0 Å². The quantitative estimate of drug-likeness (QED) is 0.352. The first-order chi connectivity index (χ1) is 3.77. The second kappa shape index (κ2) is 5.56. The Balaban J connectivity index is 2.72. The van der Waals surface area contributed by atoms with E-state index in [-0.39, 0.29) is 0 Å². The second-order valence-electron chi connectivity index (χ2n) is 1.61. The summed E-state index contributed by atoms with van der Waals surface area (Å²) in [6.07, 6.45) is 0.861. The number of alkyl halides is 2. The SMILES string of the molecule is FC(F)[SiH2]CCCS.